The first kappa shape index (κ1) is 12.9. The van der Waals surface area contributed by atoms with Crippen molar-refractivity contribution >= 4 is 27.3 Å². The lowest BCUT2D eigenvalue weighted by Crippen LogP contribution is -2.04. The van der Waals surface area contributed by atoms with E-state index in [-0.39, 0.29) is 12.3 Å². The molecule has 0 unspecified atom stereocenters. The van der Waals surface area contributed by atoms with Crippen molar-refractivity contribution in [2.24, 2.45) is 0 Å². The van der Waals surface area contributed by atoms with Gasteiger partial charge in [-0.05, 0) is 35.3 Å². The van der Waals surface area contributed by atoms with Gasteiger partial charge in [0, 0.05) is 34.9 Å². The van der Waals surface area contributed by atoms with E-state index in [9.17, 15) is 10.1 Å². The number of aliphatic hydroxyl groups excluding tert-OH is 1. The molecule has 0 aromatic heterocycles. The number of aryl methyl sites for hydroxylation is 1. The second-order valence-electron chi connectivity index (χ2n) is 3.38. The van der Waals surface area contributed by atoms with Gasteiger partial charge in [-0.15, -0.1) is 0 Å². The van der Waals surface area contributed by atoms with E-state index >= 15 is 0 Å². The highest BCUT2D eigenvalue weighted by atomic mass is 79.9. The number of rotatable bonds is 5. The van der Waals surface area contributed by atoms with Crippen LogP contribution in [-0.4, -0.2) is 23.2 Å². The number of nitro benzene ring substituents is 1. The lowest BCUT2D eigenvalue weighted by molar-refractivity contribution is -0.385. The Morgan fingerprint density at radius 2 is 2.25 bits per heavy atom. The van der Waals surface area contributed by atoms with Crippen molar-refractivity contribution < 1.29 is 10.0 Å². The van der Waals surface area contributed by atoms with Gasteiger partial charge < -0.3 is 10.4 Å². The van der Waals surface area contributed by atoms with Crippen LogP contribution >= 0.6 is 15.9 Å². The first-order valence-electron chi connectivity index (χ1n) is 4.85. The average molecular weight is 289 g/mol. The number of nitrogens with one attached hydrogen (secondary N) is 1. The molecule has 0 aliphatic heterocycles. The first-order valence-corrected chi connectivity index (χ1v) is 5.65. The number of halogens is 1. The van der Waals surface area contributed by atoms with Crippen LogP contribution in [0.25, 0.3) is 0 Å². The Morgan fingerprint density at radius 1 is 1.56 bits per heavy atom. The van der Waals surface area contributed by atoms with Crippen molar-refractivity contribution in [3.8, 4) is 0 Å². The molecule has 0 radical (unpaired) electrons. The zero-order valence-corrected chi connectivity index (χ0v) is 10.5. The summed E-state index contributed by atoms with van der Waals surface area (Å²) in [7, 11) is 0. The van der Waals surface area contributed by atoms with Crippen LogP contribution in [0.15, 0.2) is 16.6 Å². The van der Waals surface area contributed by atoms with E-state index in [1.54, 1.807) is 13.0 Å². The van der Waals surface area contributed by atoms with Crippen molar-refractivity contribution in [1.29, 1.82) is 0 Å². The third-order valence-corrected chi connectivity index (χ3v) is 2.79. The monoisotopic (exact) mass is 288 g/mol. The molecule has 0 saturated heterocycles. The number of anilines is 1. The summed E-state index contributed by atoms with van der Waals surface area (Å²) in [4.78, 5) is 10.3. The van der Waals surface area contributed by atoms with Crippen molar-refractivity contribution in [2.45, 2.75) is 13.3 Å². The van der Waals surface area contributed by atoms with E-state index in [0.29, 0.717) is 23.0 Å². The van der Waals surface area contributed by atoms with Crippen molar-refractivity contribution in [1.82, 2.24) is 0 Å². The van der Waals surface area contributed by atoms with Crippen molar-refractivity contribution in [2.75, 3.05) is 18.5 Å². The van der Waals surface area contributed by atoms with Gasteiger partial charge in [-0.1, -0.05) is 0 Å². The molecule has 0 atom stereocenters. The molecule has 0 saturated carbocycles. The molecule has 1 rings (SSSR count). The van der Waals surface area contributed by atoms with E-state index < -0.39 is 4.92 Å². The lowest BCUT2D eigenvalue weighted by atomic mass is 10.2. The Hall–Kier alpha value is -1.14. The Labute approximate surface area is 102 Å². The smallest absolute Gasteiger partial charge is 0.273 e. The molecule has 88 valence electrons. The van der Waals surface area contributed by atoms with Crippen LogP contribution in [0.5, 0.6) is 0 Å². The van der Waals surface area contributed by atoms with E-state index in [2.05, 4.69) is 21.2 Å². The number of nitrogens with zero attached hydrogens (tertiary/aromatic N) is 1. The highest BCUT2D eigenvalue weighted by Gasteiger charge is 2.13. The van der Waals surface area contributed by atoms with Gasteiger partial charge in [0.1, 0.15) is 0 Å². The molecule has 1 aromatic carbocycles. The molecule has 6 heteroatoms. The van der Waals surface area contributed by atoms with Gasteiger partial charge >= 0.3 is 0 Å². The molecule has 2 N–H and O–H groups in total. The summed E-state index contributed by atoms with van der Waals surface area (Å²) in [5.74, 6) is 0. The van der Waals surface area contributed by atoms with Gasteiger partial charge in [0.2, 0.25) is 0 Å². The molecule has 0 aliphatic rings. The number of hydrogen-bond acceptors (Lipinski definition) is 4. The van der Waals surface area contributed by atoms with Crippen LogP contribution < -0.4 is 5.32 Å². The zero-order valence-electron chi connectivity index (χ0n) is 8.86. The van der Waals surface area contributed by atoms with Crippen molar-refractivity contribution in [3.63, 3.8) is 0 Å². The maximum atomic E-state index is 10.7. The second-order valence-corrected chi connectivity index (χ2v) is 4.23. The molecular weight excluding hydrogens is 276 g/mol. The topological polar surface area (TPSA) is 75.4 Å². The molecule has 16 heavy (non-hydrogen) atoms. The van der Waals surface area contributed by atoms with E-state index in [4.69, 9.17) is 5.11 Å². The summed E-state index contributed by atoms with van der Waals surface area (Å²) in [6, 6.07) is 3.20. The minimum absolute atomic E-state index is 0.0968. The third kappa shape index (κ3) is 3.18. The van der Waals surface area contributed by atoms with E-state index in [1.807, 2.05) is 0 Å². The second kappa shape index (κ2) is 5.81. The Bertz CT molecular complexity index is 396. The minimum atomic E-state index is -0.405. The number of nitro groups is 1. The van der Waals surface area contributed by atoms with Gasteiger partial charge in [-0.3, -0.25) is 10.1 Å². The summed E-state index contributed by atoms with van der Waals surface area (Å²) in [6.07, 6.45) is 0.641. The molecule has 0 aliphatic carbocycles. The average Bonchev–Trinajstić information content (AvgIpc) is 2.22. The van der Waals surface area contributed by atoms with Crippen LogP contribution in [0.3, 0.4) is 0 Å². The molecular formula is C10H13BrN2O3. The fourth-order valence-electron chi connectivity index (χ4n) is 1.31. The fraction of sp³-hybridized carbons (Fsp3) is 0.400. The van der Waals surface area contributed by atoms with Crippen LogP contribution in [0.2, 0.25) is 0 Å². The number of benzene rings is 1. The molecule has 0 heterocycles. The molecule has 0 fully saturated rings. The predicted molar refractivity (Wildman–Crippen MR) is 65.7 cm³/mol. The summed E-state index contributed by atoms with van der Waals surface area (Å²) in [6.45, 7) is 2.45. The third-order valence-electron chi connectivity index (χ3n) is 2.13. The molecule has 5 nitrogen and oxygen atoms in total. The Balaban J connectivity index is 2.88. The summed E-state index contributed by atoms with van der Waals surface area (Å²) >= 11 is 3.27. The maximum absolute atomic E-state index is 10.7. The normalized spacial score (nSPS) is 10.2. The quantitative estimate of drug-likeness (QED) is 0.496. The standard InChI is InChI=1S/C10H13BrN2O3/c1-7-5-9(12-3-2-4-14)8(11)6-10(7)13(15)16/h5-6,12,14H,2-4H2,1H3. The highest BCUT2D eigenvalue weighted by Crippen LogP contribution is 2.30. The number of aliphatic hydroxyl groups is 1. The summed E-state index contributed by atoms with van der Waals surface area (Å²) in [5.41, 5.74) is 1.51. The minimum Gasteiger partial charge on any atom is -0.396 e. The van der Waals surface area contributed by atoms with Gasteiger partial charge in [-0.2, -0.15) is 0 Å². The lowest BCUT2D eigenvalue weighted by Gasteiger charge is -2.09. The highest BCUT2D eigenvalue weighted by molar-refractivity contribution is 9.10. The summed E-state index contributed by atoms with van der Waals surface area (Å²) < 4.78 is 0.655. The van der Waals surface area contributed by atoms with Crippen LogP contribution in [-0.2, 0) is 0 Å². The fourth-order valence-corrected chi connectivity index (χ4v) is 1.78. The predicted octanol–water partition coefficient (Wildman–Crippen LogP) is 2.46. The molecule has 1 aromatic rings. The molecule has 0 bridgehead atoms. The van der Waals surface area contributed by atoms with E-state index in [0.717, 1.165) is 5.69 Å². The molecule has 0 amide bonds. The van der Waals surface area contributed by atoms with E-state index in [1.165, 1.54) is 6.07 Å². The Kier molecular flexibility index (Phi) is 4.70. The summed E-state index contributed by atoms with van der Waals surface area (Å²) in [5, 5.41) is 22.4. The first-order chi connectivity index (χ1) is 7.56. The van der Waals surface area contributed by atoms with Crippen LogP contribution in [0.4, 0.5) is 11.4 Å². The molecule has 0 spiro atoms. The Morgan fingerprint density at radius 3 is 2.81 bits per heavy atom. The van der Waals surface area contributed by atoms with Crippen LogP contribution in [0, 0.1) is 17.0 Å². The van der Waals surface area contributed by atoms with Gasteiger partial charge in [0.15, 0.2) is 0 Å². The number of hydrogen-bond donors (Lipinski definition) is 2. The van der Waals surface area contributed by atoms with Crippen molar-refractivity contribution in [3.05, 3.63) is 32.3 Å². The largest absolute Gasteiger partial charge is 0.396 e. The van der Waals surface area contributed by atoms with Crippen LogP contribution in [0.1, 0.15) is 12.0 Å². The SMILES string of the molecule is Cc1cc(NCCCO)c(Br)cc1[N+](=O)[O-]. The zero-order chi connectivity index (χ0) is 12.1. The van der Waals surface area contributed by atoms with Gasteiger partial charge in [0.05, 0.1) is 4.92 Å². The van der Waals surface area contributed by atoms with Gasteiger partial charge in [0.25, 0.3) is 5.69 Å². The van der Waals surface area contributed by atoms with Gasteiger partial charge in [-0.25, -0.2) is 0 Å². The maximum Gasteiger partial charge on any atom is 0.273 e.